The predicted molar refractivity (Wildman–Crippen MR) is 108 cm³/mol. The Morgan fingerprint density at radius 1 is 1.17 bits per heavy atom. The van der Waals surface area contributed by atoms with Crippen LogP contribution in [0.5, 0.6) is 0 Å². The number of nitrogens with two attached hydrogens (primary N) is 1. The molecule has 1 fully saturated rings. The van der Waals surface area contributed by atoms with Crippen molar-refractivity contribution in [1.29, 1.82) is 0 Å². The number of nitrogens with zero attached hydrogens (tertiary/aromatic N) is 6. The smallest absolute Gasteiger partial charge is 0.161 e. The zero-order valence-corrected chi connectivity index (χ0v) is 16.0. The normalized spacial score (nSPS) is 15.9. The number of hydrogen-bond acceptors (Lipinski definition) is 6. The van der Waals surface area contributed by atoms with E-state index in [0.29, 0.717) is 34.3 Å². The van der Waals surface area contributed by atoms with Gasteiger partial charge in [-0.2, -0.15) is 5.10 Å². The number of rotatable bonds is 3. The largest absolute Gasteiger partial charge is 0.382 e. The third-order valence-corrected chi connectivity index (χ3v) is 5.43. The van der Waals surface area contributed by atoms with Crippen molar-refractivity contribution in [2.24, 2.45) is 0 Å². The van der Waals surface area contributed by atoms with Gasteiger partial charge in [0, 0.05) is 11.8 Å². The first-order chi connectivity index (χ1) is 14.1. The summed E-state index contributed by atoms with van der Waals surface area (Å²) < 4.78 is 15.5. The van der Waals surface area contributed by atoms with Crippen LogP contribution in [0, 0.1) is 5.82 Å². The van der Waals surface area contributed by atoms with E-state index in [-0.39, 0.29) is 11.6 Å². The van der Waals surface area contributed by atoms with E-state index in [1.807, 2.05) is 10.9 Å². The van der Waals surface area contributed by atoms with Gasteiger partial charge in [0.1, 0.15) is 11.5 Å². The minimum Gasteiger partial charge on any atom is -0.382 e. The molecule has 1 aliphatic heterocycles. The molecule has 3 N–H and O–H groups in total. The van der Waals surface area contributed by atoms with Crippen molar-refractivity contribution in [2.75, 3.05) is 25.9 Å². The molecule has 148 valence electrons. The molecular formula is C20H21FN8. The van der Waals surface area contributed by atoms with Crippen molar-refractivity contribution in [1.82, 2.24) is 34.6 Å². The lowest BCUT2D eigenvalue weighted by Gasteiger charge is -2.28. The second-order valence-electron chi connectivity index (χ2n) is 7.48. The van der Waals surface area contributed by atoms with E-state index in [1.165, 1.54) is 12.1 Å². The number of nitrogens with one attached hydrogen (secondary N) is 1. The molecule has 5 rings (SSSR count). The van der Waals surface area contributed by atoms with Crippen LogP contribution in [0.1, 0.15) is 18.9 Å². The maximum atomic E-state index is 13.5. The highest BCUT2D eigenvalue weighted by Crippen LogP contribution is 2.28. The number of nitrogen functional groups attached to an aromatic ring is 1. The van der Waals surface area contributed by atoms with E-state index in [4.69, 9.17) is 5.73 Å². The minimum atomic E-state index is -0.332. The maximum absolute atomic E-state index is 13.5. The fourth-order valence-electron chi connectivity index (χ4n) is 3.74. The molecule has 0 atom stereocenters. The van der Waals surface area contributed by atoms with Crippen molar-refractivity contribution in [3.63, 3.8) is 0 Å². The number of benzene rings is 1. The molecule has 3 aromatic heterocycles. The fraction of sp³-hybridized carbons (Fsp3) is 0.300. The Morgan fingerprint density at radius 2 is 2.00 bits per heavy atom. The Balaban J connectivity index is 1.48. The van der Waals surface area contributed by atoms with E-state index in [1.54, 1.807) is 18.5 Å². The molecule has 4 aromatic rings. The average molecular weight is 392 g/mol. The lowest BCUT2D eigenvalue weighted by molar-refractivity contribution is 0.212. The molecule has 1 aromatic carbocycles. The summed E-state index contributed by atoms with van der Waals surface area (Å²) in [4.78, 5) is 18.8. The monoisotopic (exact) mass is 392 g/mol. The number of hydrogen-bond donors (Lipinski definition) is 2. The molecule has 0 aliphatic carbocycles. The maximum Gasteiger partial charge on any atom is 0.161 e. The van der Waals surface area contributed by atoms with Crippen molar-refractivity contribution in [2.45, 2.75) is 18.9 Å². The number of aromatic nitrogens is 6. The summed E-state index contributed by atoms with van der Waals surface area (Å²) in [6.07, 6.45) is 7.60. The molecule has 0 radical (unpaired) electrons. The van der Waals surface area contributed by atoms with Gasteiger partial charge in [0.2, 0.25) is 0 Å². The summed E-state index contributed by atoms with van der Waals surface area (Å²) >= 11 is 0. The lowest BCUT2D eigenvalue weighted by Crippen LogP contribution is -2.31. The SMILES string of the molecule is CN1CCC(n2cc(-c3cnc(N)c(-c4nc5ccc(F)cc5[nH]4)n3)cn2)CC1. The summed E-state index contributed by atoms with van der Waals surface area (Å²) in [6, 6.07) is 4.77. The van der Waals surface area contributed by atoms with Crippen molar-refractivity contribution < 1.29 is 4.39 Å². The molecule has 0 bridgehead atoms. The van der Waals surface area contributed by atoms with E-state index in [9.17, 15) is 4.39 Å². The Labute approximate surface area is 166 Å². The van der Waals surface area contributed by atoms with Gasteiger partial charge in [-0.15, -0.1) is 0 Å². The van der Waals surface area contributed by atoms with Gasteiger partial charge >= 0.3 is 0 Å². The molecule has 0 unspecified atom stereocenters. The average Bonchev–Trinajstić information content (AvgIpc) is 3.36. The van der Waals surface area contributed by atoms with E-state index in [2.05, 4.69) is 37.0 Å². The van der Waals surface area contributed by atoms with Crippen LogP contribution in [0.4, 0.5) is 10.2 Å². The zero-order chi connectivity index (χ0) is 20.0. The molecule has 29 heavy (non-hydrogen) atoms. The Morgan fingerprint density at radius 3 is 2.83 bits per heavy atom. The van der Waals surface area contributed by atoms with Crippen LogP contribution in [-0.2, 0) is 0 Å². The summed E-state index contributed by atoms with van der Waals surface area (Å²) in [5.74, 6) is 0.387. The van der Waals surface area contributed by atoms with E-state index < -0.39 is 0 Å². The van der Waals surface area contributed by atoms with Crippen molar-refractivity contribution in [3.8, 4) is 22.8 Å². The summed E-state index contributed by atoms with van der Waals surface area (Å²) in [5.41, 5.74) is 9.26. The van der Waals surface area contributed by atoms with Gasteiger partial charge < -0.3 is 15.6 Å². The molecule has 0 spiro atoms. The molecule has 9 heteroatoms. The second kappa shape index (κ2) is 6.93. The molecular weight excluding hydrogens is 371 g/mol. The first kappa shape index (κ1) is 17.7. The van der Waals surface area contributed by atoms with Gasteiger partial charge in [0.15, 0.2) is 11.6 Å². The van der Waals surface area contributed by atoms with Crippen LogP contribution in [0.3, 0.4) is 0 Å². The number of imidazole rings is 1. The van der Waals surface area contributed by atoms with E-state index >= 15 is 0 Å². The topological polar surface area (TPSA) is 102 Å². The van der Waals surface area contributed by atoms with Crippen LogP contribution < -0.4 is 5.73 Å². The molecule has 0 saturated carbocycles. The first-order valence-corrected chi connectivity index (χ1v) is 9.58. The van der Waals surface area contributed by atoms with Crippen LogP contribution in [-0.4, -0.2) is 54.8 Å². The van der Waals surface area contributed by atoms with Gasteiger partial charge in [-0.3, -0.25) is 4.68 Å². The van der Waals surface area contributed by atoms with Crippen LogP contribution >= 0.6 is 0 Å². The van der Waals surface area contributed by atoms with Gasteiger partial charge in [-0.25, -0.2) is 19.3 Å². The minimum absolute atomic E-state index is 0.260. The first-order valence-electron chi connectivity index (χ1n) is 9.58. The van der Waals surface area contributed by atoms with Gasteiger partial charge in [-0.05, 0) is 51.2 Å². The number of halogens is 1. The number of aromatic amines is 1. The number of piperidine rings is 1. The predicted octanol–water partition coefficient (Wildman–Crippen LogP) is 2.87. The molecule has 0 amide bonds. The van der Waals surface area contributed by atoms with Gasteiger partial charge in [0.05, 0.1) is 35.2 Å². The highest BCUT2D eigenvalue weighted by molar-refractivity contribution is 5.81. The third-order valence-electron chi connectivity index (χ3n) is 5.43. The van der Waals surface area contributed by atoms with Crippen LogP contribution in [0.25, 0.3) is 33.8 Å². The van der Waals surface area contributed by atoms with Crippen molar-refractivity contribution in [3.05, 3.63) is 42.6 Å². The van der Waals surface area contributed by atoms with E-state index in [0.717, 1.165) is 31.5 Å². The molecule has 8 nitrogen and oxygen atoms in total. The Kier molecular flexibility index (Phi) is 4.24. The standard InChI is InChI=1S/C20H21FN8/c1-28-6-4-14(5-7-28)29-11-12(9-24-29)17-10-23-19(22)18(25-17)20-26-15-3-2-13(21)8-16(15)27-20/h2-3,8-11,14H,4-7H2,1H3,(H2,22,23)(H,26,27). The van der Waals surface area contributed by atoms with Crippen molar-refractivity contribution >= 4 is 16.9 Å². The summed E-state index contributed by atoms with van der Waals surface area (Å²) in [6.45, 7) is 2.14. The quantitative estimate of drug-likeness (QED) is 0.556. The number of anilines is 1. The van der Waals surface area contributed by atoms with Gasteiger partial charge in [-0.1, -0.05) is 0 Å². The summed E-state index contributed by atoms with van der Waals surface area (Å²) in [5, 5.41) is 4.54. The van der Waals surface area contributed by atoms with Gasteiger partial charge in [0.25, 0.3) is 0 Å². The third kappa shape index (κ3) is 3.33. The molecule has 1 saturated heterocycles. The summed E-state index contributed by atoms with van der Waals surface area (Å²) in [7, 11) is 2.14. The zero-order valence-electron chi connectivity index (χ0n) is 16.0. The van der Waals surface area contributed by atoms with Crippen LogP contribution in [0.2, 0.25) is 0 Å². The second-order valence-corrected chi connectivity index (χ2v) is 7.48. The number of fused-ring (bicyclic) bond motifs is 1. The Hall–Kier alpha value is -3.33. The number of H-pyrrole nitrogens is 1. The highest BCUT2D eigenvalue weighted by atomic mass is 19.1. The Bertz CT molecular complexity index is 1170. The lowest BCUT2D eigenvalue weighted by atomic mass is 10.1. The number of likely N-dealkylation sites (tertiary alicyclic amines) is 1. The highest BCUT2D eigenvalue weighted by Gasteiger charge is 2.20. The molecule has 1 aliphatic rings. The van der Waals surface area contributed by atoms with Crippen LogP contribution in [0.15, 0.2) is 36.8 Å². The molecule has 4 heterocycles. The fourth-order valence-corrected chi connectivity index (χ4v) is 3.74.